The first-order chi connectivity index (χ1) is 14.5. The van der Waals surface area contributed by atoms with Crippen LogP contribution in [0.1, 0.15) is 20.8 Å². The van der Waals surface area contributed by atoms with Gasteiger partial charge in [0, 0.05) is 16.1 Å². The average Bonchev–Trinajstić information content (AvgIpc) is 3.30. The number of carbonyl (C=O) groups excluding carboxylic acids is 2. The van der Waals surface area contributed by atoms with Crippen LogP contribution in [0.25, 0.3) is 10.2 Å². The van der Waals surface area contributed by atoms with Crippen molar-refractivity contribution in [1.82, 2.24) is 10.2 Å². The number of thiophene rings is 1. The van der Waals surface area contributed by atoms with Crippen LogP contribution < -0.4 is 15.4 Å². The smallest absolute Gasteiger partial charge is 0.256 e. The van der Waals surface area contributed by atoms with E-state index in [0.29, 0.717) is 17.1 Å². The third-order valence-electron chi connectivity index (χ3n) is 4.56. The van der Waals surface area contributed by atoms with Crippen LogP contribution in [0.15, 0.2) is 54.6 Å². The number of methoxy groups -OCH3 is 1. The van der Waals surface area contributed by atoms with Gasteiger partial charge < -0.3 is 15.4 Å². The molecule has 2 aromatic carbocycles. The monoisotopic (exact) mass is 420 g/mol. The molecule has 0 unspecified atom stereocenters. The van der Waals surface area contributed by atoms with Crippen LogP contribution in [0.4, 0.5) is 11.5 Å². The van der Waals surface area contributed by atoms with Crippen LogP contribution in [0.3, 0.4) is 0 Å². The lowest BCUT2D eigenvalue weighted by molar-refractivity contribution is -0.115. The number of hydrogen-bond donors (Lipinski definition) is 3. The number of aromatic amines is 1. The minimum absolute atomic E-state index is 0.127. The zero-order chi connectivity index (χ0) is 21.1. The molecule has 3 N–H and O–H groups in total. The molecule has 2 amide bonds. The molecule has 152 valence electrons. The molecule has 4 aromatic rings. The summed E-state index contributed by atoms with van der Waals surface area (Å²) in [4.78, 5) is 26.4. The van der Waals surface area contributed by atoms with Gasteiger partial charge in [-0.05, 0) is 49.4 Å². The molecule has 0 saturated heterocycles. The summed E-state index contributed by atoms with van der Waals surface area (Å²) in [5.41, 5.74) is 2.36. The third-order valence-corrected chi connectivity index (χ3v) is 5.59. The predicted octanol–water partition coefficient (Wildman–Crippen LogP) is 4.37. The molecule has 0 radical (unpaired) electrons. The van der Waals surface area contributed by atoms with Crippen molar-refractivity contribution in [3.63, 3.8) is 0 Å². The van der Waals surface area contributed by atoms with Crippen molar-refractivity contribution in [2.45, 2.75) is 13.3 Å². The van der Waals surface area contributed by atoms with E-state index in [-0.39, 0.29) is 18.2 Å². The van der Waals surface area contributed by atoms with Gasteiger partial charge in [-0.25, -0.2) is 0 Å². The average molecular weight is 420 g/mol. The first kappa shape index (κ1) is 19.7. The minimum Gasteiger partial charge on any atom is -0.497 e. The summed E-state index contributed by atoms with van der Waals surface area (Å²) < 4.78 is 5.12. The second-order valence-corrected chi connectivity index (χ2v) is 7.92. The lowest BCUT2D eigenvalue weighted by atomic mass is 10.1. The Morgan fingerprint density at radius 2 is 1.80 bits per heavy atom. The lowest BCUT2D eigenvalue weighted by Gasteiger charge is -2.05. The topological polar surface area (TPSA) is 96.1 Å². The van der Waals surface area contributed by atoms with Gasteiger partial charge >= 0.3 is 0 Å². The zero-order valence-corrected chi connectivity index (χ0v) is 17.3. The van der Waals surface area contributed by atoms with E-state index in [1.54, 1.807) is 43.5 Å². The van der Waals surface area contributed by atoms with E-state index < -0.39 is 0 Å². The van der Waals surface area contributed by atoms with Crippen molar-refractivity contribution in [3.8, 4) is 5.75 Å². The Bertz CT molecular complexity index is 1190. The Hall–Kier alpha value is -3.65. The number of nitrogens with zero attached hydrogens (tertiary/aromatic N) is 1. The number of hydrogen-bond acceptors (Lipinski definition) is 5. The first-order valence-corrected chi connectivity index (χ1v) is 10.1. The van der Waals surface area contributed by atoms with Gasteiger partial charge in [0.25, 0.3) is 5.91 Å². The van der Waals surface area contributed by atoms with Gasteiger partial charge in [-0.2, -0.15) is 5.10 Å². The van der Waals surface area contributed by atoms with Crippen LogP contribution >= 0.6 is 11.3 Å². The second-order valence-electron chi connectivity index (χ2n) is 6.80. The Morgan fingerprint density at radius 1 is 1.07 bits per heavy atom. The molecule has 2 aromatic heterocycles. The fourth-order valence-electron chi connectivity index (χ4n) is 2.97. The standard InChI is InChI=1S/C22H20N4O3S/c1-13-3-5-14(6-4-13)21(28)24-20-18-11-17(30-22(18)26-25-20)12-19(27)23-15-7-9-16(29-2)10-8-15/h3-11H,12H2,1-2H3,(H,23,27)(H2,24,25,26,28). The molecule has 0 aliphatic heterocycles. The van der Waals surface area contributed by atoms with E-state index in [2.05, 4.69) is 20.8 Å². The molecule has 30 heavy (non-hydrogen) atoms. The normalized spacial score (nSPS) is 10.7. The number of ether oxygens (including phenoxy) is 1. The lowest BCUT2D eigenvalue weighted by Crippen LogP contribution is -2.13. The fourth-order valence-corrected chi connectivity index (χ4v) is 3.96. The molecule has 0 atom stereocenters. The van der Waals surface area contributed by atoms with Gasteiger partial charge in [0.1, 0.15) is 16.4 Å². The number of aryl methyl sites for hydroxylation is 1. The summed E-state index contributed by atoms with van der Waals surface area (Å²) in [5, 5.41) is 13.6. The molecule has 7 nitrogen and oxygen atoms in total. The van der Waals surface area contributed by atoms with Gasteiger partial charge in [0.15, 0.2) is 0 Å². The first-order valence-electron chi connectivity index (χ1n) is 9.30. The molecule has 8 heteroatoms. The molecular weight excluding hydrogens is 400 g/mol. The number of fused-ring (bicyclic) bond motifs is 1. The van der Waals surface area contributed by atoms with Gasteiger partial charge in [0.05, 0.1) is 18.9 Å². The maximum atomic E-state index is 12.5. The van der Waals surface area contributed by atoms with Crippen molar-refractivity contribution >= 4 is 44.9 Å². The van der Waals surface area contributed by atoms with E-state index in [9.17, 15) is 9.59 Å². The SMILES string of the molecule is COc1ccc(NC(=O)Cc2cc3c(NC(=O)c4ccc(C)cc4)[nH]nc3s2)cc1. The predicted molar refractivity (Wildman–Crippen MR) is 118 cm³/mol. The van der Waals surface area contributed by atoms with E-state index in [0.717, 1.165) is 26.4 Å². The van der Waals surface area contributed by atoms with Crippen molar-refractivity contribution < 1.29 is 14.3 Å². The summed E-state index contributed by atoms with van der Waals surface area (Å²) in [6.45, 7) is 1.97. The molecule has 2 heterocycles. The van der Waals surface area contributed by atoms with Crippen molar-refractivity contribution in [2.24, 2.45) is 0 Å². The quantitative estimate of drug-likeness (QED) is 0.431. The van der Waals surface area contributed by atoms with Crippen LogP contribution in [-0.2, 0) is 11.2 Å². The highest BCUT2D eigenvalue weighted by atomic mass is 32.1. The molecule has 0 saturated carbocycles. The van der Waals surface area contributed by atoms with Crippen LogP contribution in [-0.4, -0.2) is 29.1 Å². The third kappa shape index (κ3) is 4.33. The second kappa shape index (κ2) is 8.38. The van der Waals surface area contributed by atoms with Gasteiger partial charge in [-0.1, -0.05) is 17.7 Å². The summed E-state index contributed by atoms with van der Waals surface area (Å²) >= 11 is 1.41. The zero-order valence-electron chi connectivity index (χ0n) is 16.5. The van der Waals surface area contributed by atoms with Crippen molar-refractivity contribution in [2.75, 3.05) is 17.7 Å². The molecule has 0 aliphatic rings. The number of anilines is 2. The molecule has 0 aliphatic carbocycles. The minimum atomic E-state index is -0.217. The van der Waals surface area contributed by atoms with Crippen LogP contribution in [0.2, 0.25) is 0 Å². The molecule has 4 rings (SSSR count). The number of carbonyl (C=O) groups is 2. The van der Waals surface area contributed by atoms with E-state index in [1.807, 2.05) is 25.1 Å². The fraction of sp³-hybridized carbons (Fsp3) is 0.136. The van der Waals surface area contributed by atoms with Crippen molar-refractivity contribution in [3.05, 3.63) is 70.6 Å². The van der Waals surface area contributed by atoms with E-state index in [4.69, 9.17) is 4.74 Å². The van der Waals surface area contributed by atoms with Gasteiger partial charge in [-0.15, -0.1) is 11.3 Å². The molecule has 0 fully saturated rings. The van der Waals surface area contributed by atoms with E-state index in [1.165, 1.54) is 11.3 Å². The summed E-state index contributed by atoms with van der Waals surface area (Å²) in [6.07, 6.45) is 0.221. The highest BCUT2D eigenvalue weighted by Gasteiger charge is 2.15. The molecule has 0 bridgehead atoms. The summed E-state index contributed by atoms with van der Waals surface area (Å²) in [5.74, 6) is 0.907. The van der Waals surface area contributed by atoms with Crippen LogP contribution in [0, 0.1) is 6.92 Å². The number of H-pyrrole nitrogens is 1. The molecule has 0 spiro atoms. The number of aromatic nitrogens is 2. The Kier molecular flexibility index (Phi) is 5.49. The maximum Gasteiger partial charge on any atom is 0.256 e. The Morgan fingerprint density at radius 3 is 2.50 bits per heavy atom. The van der Waals surface area contributed by atoms with Gasteiger partial charge in [-0.3, -0.25) is 14.7 Å². The number of rotatable bonds is 6. The number of benzene rings is 2. The highest BCUT2D eigenvalue weighted by Crippen LogP contribution is 2.30. The maximum absolute atomic E-state index is 12.5. The Labute approximate surface area is 177 Å². The largest absolute Gasteiger partial charge is 0.497 e. The number of nitrogens with one attached hydrogen (secondary N) is 3. The van der Waals surface area contributed by atoms with Gasteiger partial charge in [0.2, 0.25) is 5.91 Å². The highest BCUT2D eigenvalue weighted by molar-refractivity contribution is 7.18. The van der Waals surface area contributed by atoms with E-state index >= 15 is 0 Å². The summed E-state index contributed by atoms with van der Waals surface area (Å²) in [6, 6.07) is 16.4. The molecular formula is C22H20N4O3S. The van der Waals surface area contributed by atoms with Crippen molar-refractivity contribution in [1.29, 1.82) is 0 Å². The number of amides is 2. The Balaban J connectivity index is 1.43. The summed E-state index contributed by atoms with van der Waals surface area (Å²) in [7, 11) is 1.60. The van der Waals surface area contributed by atoms with Crippen LogP contribution in [0.5, 0.6) is 5.75 Å².